The first-order chi connectivity index (χ1) is 9.18. The van der Waals surface area contributed by atoms with Crippen LogP contribution in [-0.4, -0.2) is 41.1 Å². The Kier molecular flexibility index (Phi) is 3.73. The molecular weight excluding hydrogens is 256 g/mol. The van der Waals surface area contributed by atoms with E-state index in [2.05, 4.69) is 33.0 Å². The summed E-state index contributed by atoms with van der Waals surface area (Å²) in [6, 6.07) is 0.141. The van der Waals surface area contributed by atoms with Crippen molar-refractivity contribution >= 4 is 12.0 Å². The summed E-state index contributed by atoms with van der Waals surface area (Å²) in [5.41, 5.74) is 0.511. The van der Waals surface area contributed by atoms with E-state index in [0.717, 1.165) is 12.8 Å². The van der Waals surface area contributed by atoms with Gasteiger partial charge in [-0.2, -0.15) is 0 Å². The predicted molar refractivity (Wildman–Crippen MR) is 76.4 cm³/mol. The van der Waals surface area contributed by atoms with Gasteiger partial charge < -0.3 is 15.3 Å². The lowest BCUT2D eigenvalue weighted by atomic mass is 10.0. The first-order valence-electron chi connectivity index (χ1n) is 7.44. The van der Waals surface area contributed by atoms with Crippen molar-refractivity contribution < 1.29 is 14.7 Å². The van der Waals surface area contributed by atoms with E-state index in [1.807, 2.05) is 0 Å². The van der Waals surface area contributed by atoms with E-state index in [-0.39, 0.29) is 29.3 Å². The van der Waals surface area contributed by atoms with Crippen molar-refractivity contribution in [2.45, 2.75) is 53.0 Å². The average Bonchev–Trinajstić information content (AvgIpc) is 3.18. The molecule has 114 valence electrons. The molecule has 5 heteroatoms. The molecule has 2 fully saturated rings. The molecule has 0 saturated heterocycles. The number of amides is 2. The first-order valence-corrected chi connectivity index (χ1v) is 7.44. The van der Waals surface area contributed by atoms with Crippen molar-refractivity contribution in [2.75, 3.05) is 13.1 Å². The van der Waals surface area contributed by atoms with Gasteiger partial charge in [-0.1, -0.05) is 27.7 Å². The maximum absolute atomic E-state index is 12.2. The molecule has 2 N–H and O–H groups in total. The van der Waals surface area contributed by atoms with Crippen LogP contribution in [0.5, 0.6) is 0 Å². The highest BCUT2D eigenvalue weighted by atomic mass is 16.4. The number of hydrogen-bond acceptors (Lipinski definition) is 2. The van der Waals surface area contributed by atoms with Crippen molar-refractivity contribution in [3.05, 3.63) is 0 Å². The summed E-state index contributed by atoms with van der Waals surface area (Å²) in [6.07, 6.45) is 2.01. The quantitative estimate of drug-likeness (QED) is 0.785. The normalized spacial score (nSPS) is 23.2. The summed E-state index contributed by atoms with van der Waals surface area (Å²) < 4.78 is 0. The Balaban J connectivity index is 1.82. The Morgan fingerprint density at radius 1 is 1.20 bits per heavy atom. The Hall–Kier alpha value is -1.26. The number of carboxylic acid groups (broad SMARTS) is 1. The zero-order valence-corrected chi connectivity index (χ0v) is 12.9. The van der Waals surface area contributed by atoms with Crippen LogP contribution in [-0.2, 0) is 4.79 Å². The van der Waals surface area contributed by atoms with Gasteiger partial charge in [0.05, 0.1) is 6.42 Å². The highest BCUT2D eigenvalue weighted by Gasteiger charge is 2.64. The molecule has 20 heavy (non-hydrogen) atoms. The van der Waals surface area contributed by atoms with Crippen LogP contribution in [0.15, 0.2) is 0 Å². The zero-order chi connectivity index (χ0) is 15.1. The zero-order valence-electron chi connectivity index (χ0n) is 12.9. The number of carbonyl (C=O) groups excluding carboxylic acids is 1. The van der Waals surface area contributed by atoms with Gasteiger partial charge in [-0.05, 0) is 29.6 Å². The van der Waals surface area contributed by atoms with Gasteiger partial charge in [0.25, 0.3) is 0 Å². The maximum Gasteiger partial charge on any atom is 0.317 e. The van der Waals surface area contributed by atoms with Crippen molar-refractivity contribution in [1.82, 2.24) is 10.2 Å². The second-order valence-corrected chi connectivity index (χ2v) is 7.25. The molecule has 2 aliphatic rings. The molecule has 0 unspecified atom stereocenters. The lowest BCUT2D eigenvalue weighted by molar-refractivity contribution is -0.137. The molecule has 2 aliphatic carbocycles. The van der Waals surface area contributed by atoms with Gasteiger partial charge in [0.2, 0.25) is 0 Å². The first kappa shape index (κ1) is 15.1. The third kappa shape index (κ3) is 2.76. The van der Waals surface area contributed by atoms with Crippen LogP contribution < -0.4 is 5.32 Å². The van der Waals surface area contributed by atoms with Crippen molar-refractivity contribution in [2.24, 2.45) is 16.7 Å². The van der Waals surface area contributed by atoms with E-state index in [0.29, 0.717) is 19.0 Å². The third-order valence-corrected chi connectivity index (χ3v) is 5.59. The van der Waals surface area contributed by atoms with Crippen LogP contribution in [0.3, 0.4) is 0 Å². The summed E-state index contributed by atoms with van der Waals surface area (Å²) >= 11 is 0. The summed E-state index contributed by atoms with van der Waals surface area (Å²) in [5, 5.41) is 11.7. The highest BCUT2D eigenvalue weighted by Crippen LogP contribution is 2.67. The van der Waals surface area contributed by atoms with E-state index < -0.39 is 5.97 Å². The number of urea groups is 1. The Bertz CT molecular complexity index is 399. The molecule has 0 bridgehead atoms. The van der Waals surface area contributed by atoms with Crippen LogP contribution in [0.4, 0.5) is 4.79 Å². The molecule has 2 saturated carbocycles. The Morgan fingerprint density at radius 2 is 1.75 bits per heavy atom. The fraction of sp³-hybridized carbons (Fsp3) is 0.867. The number of aliphatic carboxylic acids is 1. The van der Waals surface area contributed by atoms with Crippen LogP contribution >= 0.6 is 0 Å². The smallest absolute Gasteiger partial charge is 0.317 e. The minimum Gasteiger partial charge on any atom is -0.481 e. The van der Waals surface area contributed by atoms with Gasteiger partial charge in [0, 0.05) is 19.1 Å². The SMILES string of the molecule is CC1(C)C(CNC(=O)N(CCC(=O)O)C2CC2)C1(C)C. The molecule has 0 radical (unpaired) electrons. The minimum atomic E-state index is -0.854. The fourth-order valence-corrected chi connectivity index (χ4v) is 3.19. The molecule has 0 heterocycles. The second kappa shape index (κ2) is 4.93. The summed E-state index contributed by atoms with van der Waals surface area (Å²) in [6.45, 7) is 9.90. The molecule has 0 aliphatic heterocycles. The molecule has 5 nitrogen and oxygen atoms in total. The number of carbonyl (C=O) groups is 2. The molecule has 0 aromatic rings. The van der Waals surface area contributed by atoms with E-state index in [9.17, 15) is 9.59 Å². The summed E-state index contributed by atoms with van der Waals surface area (Å²) in [5.74, 6) is -0.368. The molecular formula is C15H26N2O3. The van der Waals surface area contributed by atoms with E-state index in [1.165, 1.54) is 0 Å². The summed E-state index contributed by atoms with van der Waals surface area (Å²) in [4.78, 5) is 24.6. The monoisotopic (exact) mass is 282 g/mol. The van der Waals surface area contributed by atoms with Crippen LogP contribution in [0, 0.1) is 16.7 Å². The van der Waals surface area contributed by atoms with Gasteiger partial charge in [-0.3, -0.25) is 4.79 Å². The van der Waals surface area contributed by atoms with Crippen molar-refractivity contribution in [3.63, 3.8) is 0 Å². The maximum atomic E-state index is 12.2. The van der Waals surface area contributed by atoms with E-state index >= 15 is 0 Å². The second-order valence-electron chi connectivity index (χ2n) is 7.25. The van der Waals surface area contributed by atoms with E-state index in [4.69, 9.17) is 5.11 Å². The molecule has 2 rings (SSSR count). The molecule has 0 aromatic carbocycles. The topological polar surface area (TPSA) is 69.6 Å². The highest BCUT2D eigenvalue weighted by molar-refractivity contribution is 5.76. The van der Waals surface area contributed by atoms with Crippen LogP contribution in [0.25, 0.3) is 0 Å². The number of rotatable bonds is 6. The molecule has 0 aromatic heterocycles. The summed E-state index contributed by atoms with van der Waals surface area (Å²) in [7, 11) is 0. The largest absolute Gasteiger partial charge is 0.481 e. The van der Waals surface area contributed by atoms with Gasteiger partial charge >= 0.3 is 12.0 Å². The molecule has 0 spiro atoms. The van der Waals surface area contributed by atoms with Gasteiger partial charge in [-0.25, -0.2) is 4.79 Å². The molecule has 2 amide bonds. The number of hydrogen-bond donors (Lipinski definition) is 2. The van der Waals surface area contributed by atoms with Crippen molar-refractivity contribution in [3.8, 4) is 0 Å². The van der Waals surface area contributed by atoms with Gasteiger partial charge in [0.15, 0.2) is 0 Å². The number of nitrogens with one attached hydrogen (secondary N) is 1. The van der Waals surface area contributed by atoms with E-state index in [1.54, 1.807) is 4.90 Å². The molecule has 0 atom stereocenters. The number of nitrogens with zero attached hydrogens (tertiary/aromatic N) is 1. The average molecular weight is 282 g/mol. The lowest BCUT2D eigenvalue weighted by Crippen LogP contribution is -2.43. The standard InChI is InChI=1S/C15H26N2O3/c1-14(2)11(15(14,3)4)9-16-13(20)17(10-5-6-10)8-7-12(18)19/h10-11H,5-9H2,1-4H3,(H,16,20)(H,18,19). The predicted octanol–water partition coefficient (Wildman–Crippen LogP) is 2.32. The van der Waals surface area contributed by atoms with Crippen molar-refractivity contribution in [1.29, 1.82) is 0 Å². The van der Waals surface area contributed by atoms with Gasteiger partial charge in [-0.15, -0.1) is 0 Å². The lowest BCUT2D eigenvalue weighted by Gasteiger charge is -2.22. The Morgan fingerprint density at radius 3 is 2.15 bits per heavy atom. The van der Waals surface area contributed by atoms with Crippen LogP contribution in [0.2, 0.25) is 0 Å². The fourth-order valence-electron chi connectivity index (χ4n) is 3.19. The van der Waals surface area contributed by atoms with Crippen LogP contribution in [0.1, 0.15) is 47.0 Å². The van der Waals surface area contributed by atoms with Gasteiger partial charge in [0.1, 0.15) is 0 Å². The number of carboxylic acids is 1. The Labute approximate surface area is 120 Å². The minimum absolute atomic E-state index is 0.0182. The third-order valence-electron chi connectivity index (χ3n) is 5.59.